The molecular formula is C11H25N3S. The highest BCUT2D eigenvalue weighted by Gasteiger charge is 2.15. The van der Waals surface area contributed by atoms with E-state index in [1.165, 1.54) is 51.3 Å². The highest BCUT2D eigenvalue weighted by atomic mass is 32.2. The van der Waals surface area contributed by atoms with Crippen molar-refractivity contribution in [1.29, 1.82) is 0 Å². The molecule has 15 heavy (non-hydrogen) atoms. The third-order valence-electron chi connectivity index (χ3n) is 3.11. The van der Waals surface area contributed by atoms with E-state index in [0.717, 1.165) is 0 Å². The predicted octanol–water partition coefficient (Wildman–Crippen LogP) is 0.704. The van der Waals surface area contributed by atoms with Crippen molar-refractivity contribution in [2.24, 2.45) is 5.73 Å². The molecule has 0 unspecified atom stereocenters. The molecule has 1 aliphatic rings. The molecule has 0 atom stereocenters. The maximum atomic E-state index is 5.88. The second-order valence-corrected chi connectivity index (χ2v) is 5.46. The average molecular weight is 231 g/mol. The van der Waals surface area contributed by atoms with Gasteiger partial charge in [-0.3, -0.25) is 0 Å². The number of hydrogen-bond acceptors (Lipinski definition) is 4. The second-order valence-electron chi connectivity index (χ2n) is 4.48. The number of rotatable bonds is 6. The van der Waals surface area contributed by atoms with Crippen molar-refractivity contribution in [1.82, 2.24) is 9.80 Å². The number of nitrogens with two attached hydrogens (primary N) is 1. The molecule has 1 heterocycles. The van der Waals surface area contributed by atoms with E-state index in [2.05, 4.69) is 23.1 Å². The van der Waals surface area contributed by atoms with Gasteiger partial charge in [0.25, 0.3) is 0 Å². The van der Waals surface area contributed by atoms with E-state index in [1.54, 1.807) is 0 Å². The van der Waals surface area contributed by atoms with Crippen LogP contribution in [0.25, 0.3) is 0 Å². The SMILES string of the molecule is CSCCN(C)CCN1CCC(N)CC1. The van der Waals surface area contributed by atoms with Crippen molar-refractivity contribution >= 4 is 11.8 Å². The fourth-order valence-corrected chi connectivity index (χ4v) is 2.34. The predicted molar refractivity (Wildman–Crippen MR) is 69.5 cm³/mol. The quantitative estimate of drug-likeness (QED) is 0.729. The molecule has 0 aromatic rings. The van der Waals surface area contributed by atoms with Crippen LogP contribution in [0.3, 0.4) is 0 Å². The molecule has 0 aromatic carbocycles. The molecule has 4 heteroatoms. The van der Waals surface area contributed by atoms with Gasteiger partial charge in [0.2, 0.25) is 0 Å². The number of likely N-dealkylation sites (N-methyl/N-ethyl adjacent to an activating group) is 1. The van der Waals surface area contributed by atoms with Crippen molar-refractivity contribution < 1.29 is 0 Å². The van der Waals surface area contributed by atoms with E-state index in [-0.39, 0.29) is 0 Å². The highest BCUT2D eigenvalue weighted by Crippen LogP contribution is 2.07. The largest absolute Gasteiger partial charge is 0.328 e. The zero-order valence-corrected chi connectivity index (χ0v) is 10.9. The molecule has 0 amide bonds. The first-order chi connectivity index (χ1) is 7.22. The molecule has 0 aromatic heterocycles. The Morgan fingerprint density at radius 3 is 2.60 bits per heavy atom. The number of likely N-dealkylation sites (tertiary alicyclic amines) is 1. The summed E-state index contributed by atoms with van der Waals surface area (Å²) in [7, 11) is 2.21. The number of piperidine rings is 1. The lowest BCUT2D eigenvalue weighted by molar-refractivity contribution is 0.188. The standard InChI is InChI=1S/C11H25N3S/c1-13(9-10-15-2)7-8-14-5-3-11(12)4-6-14/h11H,3-10,12H2,1-2H3. The minimum absolute atomic E-state index is 0.454. The van der Waals surface area contributed by atoms with Crippen LogP contribution < -0.4 is 5.73 Å². The first-order valence-corrected chi connectivity index (χ1v) is 7.27. The maximum Gasteiger partial charge on any atom is 0.0109 e. The van der Waals surface area contributed by atoms with Gasteiger partial charge in [-0.2, -0.15) is 11.8 Å². The van der Waals surface area contributed by atoms with Crippen LogP contribution in [-0.2, 0) is 0 Å². The summed E-state index contributed by atoms with van der Waals surface area (Å²) in [6.45, 7) is 5.98. The van der Waals surface area contributed by atoms with Gasteiger partial charge in [0.05, 0.1) is 0 Å². The number of nitrogens with zero attached hydrogens (tertiary/aromatic N) is 2. The van der Waals surface area contributed by atoms with Crippen molar-refractivity contribution in [2.75, 3.05) is 51.8 Å². The summed E-state index contributed by atoms with van der Waals surface area (Å²) in [6, 6.07) is 0.454. The summed E-state index contributed by atoms with van der Waals surface area (Å²) in [6.07, 6.45) is 4.52. The second kappa shape index (κ2) is 7.49. The van der Waals surface area contributed by atoms with Crippen LogP contribution in [0, 0.1) is 0 Å². The topological polar surface area (TPSA) is 32.5 Å². The Kier molecular flexibility index (Phi) is 6.64. The Balaban J connectivity index is 2.04. The Morgan fingerprint density at radius 1 is 1.33 bits per heavy atom. The molecule has 0 radical (unpaired) electrons. The van der Waals surface area contributed by atoms with E-state index < -0.39 is 0 Å². The van der Waals surface area contributed by atoms with Crippen molar-refractivity contribution in [3.8, 4) is 0 Å². The van der Waals surface area contributed by atoms with Crippen LogP contribution in [0.2, 0.25) is 0 Å². The van der Waals surface area contributed by atoms with Crippen LogP contribution >= 0.6 is 11.8 Å². The van der Waals surface area contributed by atoms with Gasteiger partial charge in [-0.15, -0.1) is 0 Å². The summed E-state index contributed by atoms with van der Waals surface area (Å²) in [5, 5.41) is 0. The lowest BCUT2D eigenvalue weighted by atomic mass is 10.1. The minimum Gasteiger partial charge on any atom is -0.328 e. The summed E-state index contributed by atoms with van der Waals surface area (Å²) in [4.78, 5) is 4.96. The zero-order chi connectivity index (χ0) is 11.1. The van der Waals surface area contributed by atoms with E-state index in [1.807, 2.05) is 11.8 Å². The van der Waals surface area contributed by atoms with Gasteiger partial charge in [0.15, 0.2) is 0 Å². The molecular weight excluding hydrogens is 206 g/mol. The minimum atomic E-state index is 0.454. The Bertz CT molecular complexity index is 158. The molecule has 0 aliphatic carbocycles. The summed E-state index contributed by atoms with van der Waals surface area (Å²) < 4.78 is 0. The van der Waals surface area contributed by atoms with Crippen LogP contribution in [0.4, 0.5) is 0 Å². The first-order valence-electron chi connectivity index (χ1n) is 5.88. The molecule has 1 fully saturated rings. The average Bonchev–Trinajstić information content (AvgIpc) is 2.25. The molecule has 1 aliphatic heterocycles. The van der Waals surface area contributed by atoms with E-state index in [9.17, 15) is 0 Å². The van der Waals surface area contributed by atoms with Crippen molar-refractivity contribution in [3.05, 3.63) is 0 Å². The number of thioether (sulfide) groups is 1. The maximum absolute atomic E-state index is 5.88. The Morgan fingerprint density at radius 2 is 2.00 bits per heavy atom. The van der Waals surface area contributed by atoms with Crippen molar-refractivity contribution in [2.45, 2.75) is 18.9 Å². The third kappa shape index (κ3) is 5.76. The normalized spacial score (nSPS) is 20.0. The molecule has 1 rings (SSSR count). The fourth-order valence-electron chi connectivity index (χ4n) is 1.85. The molecule has 3 nitrogen and oxygen atoms in total. The van der Waals surface area contributed by atoms with E-state index in [4.69, 9.17) is 5.73 Å². The van der Waals surface area contributed by atoms with Gasteiger partial charge in [0.1, 0.15) is 0 Å². The monoisotopic (exact) mass is 231 g/mol. The zero-order valence-electron chi connectivity index (χ0n) is 10.1. The fraction of sp³-hybridized carbons (Fsp3) is 1.00. The van der Waals surface area contributed by atoms with Gasteiger partial charge in [-0.1, -0.05) is 0 Å². The molecule has 90 valence electrons. The molecule has 0 bridgehead atoms. The summed E-state index contributed by atoms with van der Waals surface area (Å²) >= 11 is 1.92. The third-order valence-corrected chi connectivity index (χ3v) is 3.70. The molecule has 2 N–H and O–H groups in total. The van der Waals surface area contributed by atoms with Gasteiger partial charge < -0.3 is 15.5 Å². The van der Waals surface area contributed by atoms with Crippen LogP contribution in [0.1, 0.15) is 12.8 Å². The van der Waals surface area contributed by atoms with Gasteiger partial charge in [-0.05, 0) is 39.2 Å². The molecule has 0 spiro atoms. The number of hydrogen-bond donors (Lipinski definition) is 1. The lowest BCUT2D eigenvalue weighted by Gasteiger charge is -2.31. The highest BCUT2D eigenvalue weighted by molar-refractivity contribution is 7.98. The summed E-state index contributed by atoms with van der Waals surface area (Å²) in [5.74, 6) is 1.24. The Labute approximate surface area is 98.4 Å². The molecule has 0 saturated carbocycles. The smallest absolute Gasteiger partial charge is 0.0109 e. The van der Waals surface area contributed by atoms with Gasteiger partial charge >= 0.3 is 0 Å². The Hall–Kier alpha value is 0.230. The summed E-state index contributed by atoms with van der Waals surface area (Å²) in [5.41, 5.74) is 5.88. The van der Waals surface area contributed by atoms with Gasteiger partial charge in [-0.25, -0.2) is 0 Å². The van der Waals surface area contributed by atoms with Crippen LogP contribution in [0.15, 0.2) is 0 Å². The van der Waals surface area contributed by atoms with Crippen LogP contribution in [-0.4, -0.2) is 67.6 Å². The lowest BCUT2D eigenvalue weighted by Crippen LogP contribution is -2.42. The van der Waals surface area contributed by atoms with Gasteiger partial charge in [0, 0.05) is 31.4 Å². The van der Waals surface area contributed by atoms with Crippen LogP contribution in [0.5, 0.6) is 0 Å². The first kappa shape index (κ1) is 13.3. The van der Waals surface area contributed by atoms with Crippen molar-refractivity contribution in [3.63, 3.8) is 0 Å². The van der Waals surface area contributed by atoms with E-state index >= 15 is 0 Å². The molecule has 1 saturated heterocycles. The van der Waals surface area contributed by atoms with E-state index in [0.29, 0.717) is 6.04 Å².